The van der Waals surface area contributed by atoms with E-state index >= 15 is 0 Å². The molecule has 0 bridgehead atoms. The Kier molecular flexibility index (Phi) is 3.33. The van der Waals surface area contributed by atoms with Crippen LogP contribution >= 0.6 is 0 Å². The van der Waals surface area contributed by atoms with Crippen molar-refractivity contribution < 1.29 is 14.9 Å². The average molecular weight is 188 g/mol. The third-order valence-electron chi connectivity index (χ3n) is 2.08. The van der Waals surface area contributed by atoms with Crippen LogP contribution in [0.4, 0.5) is 0 Å². The van der Waals surface area contributed by atoms with E-state index in [4.69, 9.17) is 9.78 Å². The van der Waals surface area contributed by atoms with Crippen molar-refractivity contribution in [3.63, 3.8) is 0 Å². The average Bonchev–Trinajstić information content (AvgIpc) is 2.02. The molecule has 3 heteroatoms. The van der Waals surface area contributed by atoms with Gasteiger partial charge in [0.25, 0.3) is 0 Å². The van der Waals surface area contributed by atoms with Gasteiger partial charge in [-0.2, -0.15) is 0 Å². The molecule has 1 N–H and O–H groups in total. The van der Waals surface area contributed by atoms with Gasteiger partial charge >= 0.3 is 0 Å². The van der Waals surface area contributed by atoms with Crippen LogP contribution in [0.3, 0.4) is 0 Å². The van der Waals surface area contributed by atoms with Crippen molar-refractivity contribution in [3.8, 4) is 0 Å². The Hall–Kier alpha value is -0.120. The van der Waals surface area contributed by atoms with Crippen LogP contribution in [0.2, 0.25) is 0 Å². The third kappa shape index (κ3) is 4.07. The summed E-state index contributed by atoms with van der Waals surface area (Å²) in [5.74, 6) is -1.04. The molecule has 0 heterocycles. The molecule has 0 atom stereocenters. The van der Waals surface area contributed by atoms with Crippen LogP contribution < -0.4 is 0 Å². The minimum Gasteiger partial charge on any atom is -0.363 e. The molecule has 1 aliphatic rings. The summed E-state index contributed by atoms with van der Waals surface area (Å²) in [7, 11) is 0. The standard InChI is InChI=1S/C10H20O3/c1-9(2,3)12-13-10(11)7-5-4-6-8-10/h11H,4-8H2,1-3H3. The molecule has 0 unspecified atom stereocenters. The molecule has 1 fully saturated rings. The molecule has 3 nitrogen and oxygen atoms in total. The van der Waals surface area contributed by atoms with Gasteiger partial charge in [-0.05, 0) is 33.6 Å². The molecule has 1 aliphatic carbocycles. The van der Waals surface area contributed by atoms with Crippen LogP contribution in [0, 0.1) is 0 Å². The summed E-state index contributed by atoms with van der Waals surface area (Å²) >= 11 is 0. The normalized spacial score (nSPS) is 23.1. The Labute approximate surface area is 80.0 Å². The van der Waals surface area contributed by atoms with E-state index in [9.17, 15) is 5.11 Å². The highest BCUT2D eigenvalue weighted by Crippen LogP contribution is 2.30. The van der Waals surface area contributed by atoms with E-state index in [0.717, 1.165) is 12.8 Å². The van der Waals surface area contributed by atoms with Gasteiger partial charge in [0.05, 0.1) is 5.60 Å². The fourth-order valence-electron chi connectivity index (χ4n) is 1.39. The maximum atomic E-state index is 9.89. The third-order valence-corrected chi connectivity index (χ3v) is 2.08. The molecule has 0 radical (unpaired) electrons. The lowest BCUT2D eigenvalue weighted by Gasteiger charge is -2.32. The molecule has 1 rings (SSSR count). The molecule has 1 saturated carbocycles. The second-order valence-corrected chi connectivity index (χ2v) is 4.79. The van der Waals surface area contributed by atoms with Gasteiger partial charge in [0.15, 0.2) is 5.79 Å². The lowest BCUT2D eigenvalue weighted by atomic mass is 9.95. The predicted octanol–water partition coefficient (Wildman–Crippen LogP) is 2.39. The smallest absolute Gasteiger partial charge is 0.199 e. The molecule has 13 heavy (non-hydrogen) atoms. The zero-order valence-electron chi connectivity index (χ0n) is 8.80. The van der Waals surface area contributed by atoms with E-state index in [1.165, 1.54) is 6.42 Å². The minimum absolute atomic E-state index is 0.354. The van der Waals surface area contributed by atoms with Crippen molar-refractivity contribution in [2.45, 2.75) is 64.3 Å². The van der Waals surface area contributed by atoms with Gasteiger partial charge in [0, 0.05) is 12.8 Å². The second kappa shape index (κ2) is 3.95. The van der Waals surface area contributed by atoms with Crippen molar-refractivity contribution in [2.24, 2.45) is 0 Å². The summed E-state index contributed by atoms with van der Waals surface area (Å²) in [5.41, 5.74) is -0.354. The molecule has 0 aromatic carbocycles. The van der Waals surface area contributed by atoms with Gasteiger partial charge in [-0.3, -0.25) is 0 Å². The van der Waals surface area contributed by atoms with Crippen LogP contribution in [0.15, 0.2) is 0 Å². The highest BCUT2D eigenvalue weighted by molar-refractivity contribution is 4.71. The maximum absolute atomic E-state index is 9.89. The van der Waals surface area contributed by atoms with Crippen molar-refractivity contribution in [1.82, 2.24) is 0 Å². The fraction of sp³-hybridized carbons (Fsp3) is 1.00. The topological polar surface area (TPSA) is 38.7 Å². The van der Waals surface area contributed by atoms with Crippen molar-refractivity contribution in [1.29, 1.82) is 0 Å². The monoisotopic (exact) mass is 188 g/mol. The number of hydrogen-bond donors (Lipinski definition) is 1. The number of rotatable bonds is 2. The molecule has 78 valence electrons. The molecule has 0 aliphatic heterocycles. The fourth-order valence-corrected chi connectivity index (χ4v) is 1.39. The number of hydrogen-bond acceptors (Lipinski definition) is 3. The van der Waals surface area contributed by atoms with Crippen LogP contribution in [0.25, 0.3) is 0 Å². The Bertz CT molecular complexity index is 154. The van der Waals surface area contributed by atoms with Crippen LogP contribution in [-0.4, -0.2) is 16.5 Å². The zero-order valence-corrected chi connectivity index (χ0v) is 8.80. The van der Waals surface area contributed by atoms with Crippen LogP contribution in [0.1, 0.15) is 52.9 Å². The first-order chi connectivity index (χ1) is 5.91. The van der Waals surface area contributed by atoms with Crippen molar-refractivity contribution in [3.05, 3.63) is 0 Å². The van der Waals surface area contributed by atoms with E-state index in [-0.39, 0.29) is 5.60 Å². The highest BCUT2D eigenvalue weighted by Gasteiger charge is 2.33. The summed E-state index contributed by atoms with van der Waals surface area (Å²) in [4.78, 5) is 10.2. The summed E-state index contributed by atoms with van der Waals surface area (Å²) < 4.78 is 0. The minimum atomic E-state index is -1.04. The van der Waals surface area contributed by atoms with Gasteiger partial charge in [0.1, 0.15) is 0 Å². The van der Waals surface area contributed by atoms with Gasteiger partial charge in [0.2, 0.25) is 0 Å². The SMILES string of the molecule is CC(C)(C)OOC1(O)CCCCC1. The van der Waals surface area contributed by atoms with Gasteiger partial charge < -0.3 is 5.11 Å². The summed E-state index contributed by atoms with van der Waals surface area (Å²) in [6.07, 6.45) is 4.58. The van der Waals surface area contributed by atoms with Crippen LogP contribution in [-0.2, 0) is 9.78 Å². The summed E-state index contributed by atoms with van der Waals surface area (Å²) in [5, 5.41) is 9.89. The Morgan fingerprint density at radius 1 is 1.08 bits per heavy atom. The lowest BCUT2D eigenvalue weighted by Crippen LogP contribution is -2.37. The largest absolute Gasteiger partial charge is 0.363 e. The molecule has 0 amide bonds. The highest BCUT2D eigenvalue weighted by atomic mass is 17.2. The summed E-state index contributed by atoms with van der Waals surface area (Å²) in [6.45, 7) is 5.71. The Morgan fingerprint density at radius 3 is 2.08 bits per heavy atom. The Morgan fingerprint density at radius 2 is 1.62 bits per heavy atom. The van der Waals surface area contributed by atoms with E-state index in [0.29, 0.717) is 12.8 Å². The van der Waals surface area contributed by atoms with E-state index in [1.807, 2.05) is 20.8 Å². The van der Waals surface area contributed by atoms with Gasteiger partial charge in [-0.1, -0.05) is 6.42 Å². The first-order valence-corrected chi connectivity index (χ1v) is 5.01. The molecule has 0 spiro atoms. The molecule has 0 saturated heterocycles. The molecule has 0 aromatic heterocycles. The van der Waals surface area contributed by atoms with Crippen molar-refractivity contribution in [2.75, 3.05) is 0 Å². The number of aliphatic hydroxyl groups is 1. The molecule has 0 aromatic rings. The van der Waals surface area contributed by atoms with Gasteiger partial charge in [-0.15, -0.1) is 0 Å². The first kappa shape index (κ1) is 11.0. The van der Waals surface area contributed by atoms with Gasteiger partial charge in [-0.25, -0.2) is 9.78 Å². The van der Waals surface area contributed by atoms with E-state index < -0.39 is 5.79 Å². The summed E-state index contributed by atoms with van der Waals surface area (Å²) in [6, 6.07) is 0. The predicted molar refractivity (Wildman–Crippen MR) is 50.0 cm³/mol. The zero-order chi connectivity index (χ0) is 9.95. The Balaban J connectivity index is 2.33. The maximum Gasteiger partial charge on any atom is 0.199 e. The quantitative estimate of drug-likeness (QED) is 0.411. The second-order valence-electron chi connectivity index (χ2n) is 4.79. The molecular weight excluding hydrogens is 168 g/mol. The lowest BCUT2D eigenvalue weighted by molar-refractivity contribution is -0.457. The van der Waals surface area contributed by atoms with Crippen LogP contribution in [0.5, 0.6) is 0 Å². The first-order valence-electron chi connectivity index (χ1n) is 5.01. The molecular formula is C10H20O3. The van der Waals surface area contributed by atoms with E-state index in [1.54, 1.807) is 0 Å². The van der Waals surface area contributed by atoms with E-state index in [2.05, 4.69) is 0 Å². The van der Waals surface area contributed by atoms with Crippen molar-refractivity contribution >= 4 is 0 Å².